The number of alkyl halides is 3. The molecular formula is C12H7F3O3S. The van der Waals surface area contributed by atoms with E-state index in [1.54, 1.807) is 0 Å². The van der Waals surface area contributed by atoms with Crippen LogP contribution in [0.15, 0.2) is 50.8 Å². The zero-order valence-electron chi connectivity index (χ0n) is 9.27. The van der Waals surface area contributed by atoms with Gasteiger partial charge in [-0.05, 0) is 24.3 Å². The largest absolute Gasteiger partial charge is 0.475 e. The van der Waals surface area contributed by atoms with Gasteiger partial charge in [-0.15, -0.1) is 0 Å². The standard InChI is InChI=1S/C12H7F3O3S/c13-12(14,15)7-3-1-2-4-9(7)19-10-6-5-8(18-10)11(16)17/h1-6H,(H,16,17). The van der Waals surface area contributed by atoms with Gasteiger partial charge in [0.1, 0.15) is 0 Å². The van der Waals surface area contributed by atoms with Gasteiger partial charge >= 0.3 is 12.1 Å². The van der Waals surface area contributed by atoms with Crippen molar-refractivity contribution in [2.75, 3.05) is 0 Å². The zero-order valence-corrected chi connectivity index (χ0v) is 10.1. The number of carboxylic acid groups (broad SMARTS) is 1. The third-order valence-electron chi connectivity index (χ3n) is 2.20. The molecule has 1 aromatic heterocycles. The number of benzene rings is 1. The van der Waals surface area contributed by atoms with Crippen LogP contribution in [0.4, 0.5) is 13.2 Å². The molecule has 1 N–H and O–H groups in total. The van der Waals surface area contributed by atoms with Crippen LogP contribution in [-0.2, 0) is 6.18 Å². The molecule has 0 spiro atoms. The summed E-state index contributed by atoms with van der Waals surface area (Å²) in [5, 5.41) is 8.76. The van der Waals surface area contributed by atoms with Gasteiger partial charge in [-0.25, -0.2) is 4.79 Å². The van der Waals surface area contributed by atoms with Crippen molar-refractivity contribution in [3.05, 3.63) is 47.7 Å². The predicted octanol–water partition coefficient (Wildman–Crippen LogP) is 4.15. The van der Waals surface area contributed by atoms with Crippen LogP contribution in [0.5, 0.6) is 0 Å². The molecule has 7 heteroatoms. The maximum absolute atomic E-state index is 12.7. The molecule has 100 valence electrons. The first kappa shape index (κ1) is 13.5. The van der Waals surface area contributed by atoms with E-state index in [0.717, 1.165) is 17.8 Å². The minimum absolute atomic E-state index is 0.0405. The van der Waals surface area contributed by atoms with Gasteiger partial charge in [0, 0.05) is 4.90 Å². The number of rotatable bonds is 3. The van der Waals surface area contributed by atoms with Gasteiger partial charge in [0.15, 0.2) is 5.09 Å². The van der Waals surface area contributed by atoms with Gasteiger partial charge in [-0.2, -0.15) is 13.2 Å². The molecule has 0 unspecified atom stereocenters. The molecule has 0 aliphatic carbocycles. The number of hydrogen-bond acceptors (Lipinski definition) is 3. The summed E-state index contributed by atoms with van der Waals surface area (Å²) < 4.78 is 43.2. The summed E-state index contributed by atoms with van der Waals surface area (Å²) in [6, 6.07) is 7.54. The van der Waals surface area contributed by atoms with Gasteiger partial charge in [-0.1, -0.05) is 23.9 Å². The fraction of sp³-hybridized carbons (Fsp3) is 0.0833. The van der Waals surface area contributed by atoms with Crippen molar-refractivity contribution in [2.24, 2.45) is 0 Å². The number of carbonyl (C=O) groups is 1. The molecule has 1 heterocycles. The summed E-state index contributed by atoms with van der Waals surface area (Å²) in [4.78, 5) is 10.6. The molecular weight excluding hydrogens is 281 g/mol. The summed E-state index contributed by atoms with van der Waals surface area (Å²) in [5.74, 6) is -1.58. The minimum Gasteiger partial charge on any atom is -0.475 e. The number of furan rings is 1. The van der Waals surface area contributed by atoms with Crippen LogP contribution in [0.25, 0.3) is 0 Å². The second kappa shape index (κ2) is 5.00. The molecule has 2 aromatic rings. The highest BCUT2D eigenvalue weighted by atomic mass is 32.2. The summed E-state index contributed by atoms with van der Waals surface area (Å²) in [6.07, 6.45) is -4.47. The second-order valence-electron chi connectivity index (χ2n) is 3.52. The van der Waals surface area contributed by atoms with E-state index in [-0.39, 0.29) is 15.7 Å². The zero-order chi connectivity index (χ0) is 14.0. The fourth-order valence-corrected chi connectivity index (χ4v) is 2.31. The van der Waals surface area contributed by atoms with Crippen LogP contribution in [0.2, 0.25) is 0 Å². The number of halogens is 3. The lowest BCUT2D eigenvalue weighted by atomic mass is 10.2. The lowest BCUT2D eigenvalue weighted by Crippen LogP contribution is -2.06. The van der Waals surface area contributed by atoms with E-state index in [2.05, 4.69) is 0 Å². The van der Waals surface area contributed by atoms with Crippen LogP contribution in [0.1, 0.15) is 16.1 Å². The maximum Gasteiger partial charge on any atom is 0.417 e. The first-order valence-corrected chi connectivity index (χ1v) is 5.87. The number of hydrogen-bond donors (Lipinski definition) is 1. The van der Waals surface area contributed by atoms with E-state index < -0.39 is 17.7 Å². The average Bonchev–Trinajstić information content (AvgIpc) is 2.77. The average molecular weight is 288 g/mol. The van der Waals surface area contributed by atoms with Crippen LogP contribution >= 0.6 is 11.8 Å². The Bertz CT molecular complexity index is 604. The Labute approximate surface area is 110 Å². The van der Waals surface area contributed by atoms with Gasteiger partial charge < -0.3 is 9.52 Å². The topological polar surface area (TPSA) is 50.4 Å². The molecule has 0 aliphatic rings. The summed E-state index contributed by atoms with van der Waals surface area (Å²) in [6.45, 7) is 0. The molecule has 0 radical (unpaired) electrons. The third-order valence-corrected chi connectivity index (χ3v) is 3.19. The molecule has 3 nitrogen and oxygen atoms in total. The van der Waals surface area contributed by atoms with Crippen LogP contribution in [0.3, 0.4) is 0 Å². The van der Waals surface area contributed by atoms with Crippen LogP contribution in [0, 0.1) is 0 Å². The Hall–Kier alpha value is -1.89. The molecule has 2 rings (SSSR count). The first-order chi connectivity index (χ1) is 8.88. The molecule has 0 bridgehead atoms. The fourth-order valence-electron chi connectivity index (χ4n) is 1.39. The smallest absolute Gasteiger partial charge is 0.417 e. The molecule has 0 aliphatic heterocycles. The highest BCUT2D eigenvalue weighted by Crippen LogP contribution is 2.39. The Morgan fingerprint density at radius 3 is 2.42 bits per heavy atom. The molecule has 0 saturated heterocycles. The van der Waals surface area contributed by atoms with Crippen LogP contribution in [-0.4, -0.2) is 11.1 Å². The van der Waals surface area contributed by atoms with Crippen molar-refractivity contribution in [2.45, 2.75) is 16.2 Å². The lowest BCUT2D eigenvalue weighted by Gasteiger charge is -2.10. The molecule has 0 atom stereocenters. The summed E-state index contributed by atoms with van der Waals surface area (Å²) in [5.41, 5.74) is -0.784. The van der Waals surface area contributed by atoms with Gasteiger partial charge in [0.2, 0.25) is 5.76 Å². The normalized spacial score (nSPS) is 11.5. The molecule has 19 heavy (non-hydrogen) atoms. The highest BCUT2D eigenvalue weighted by molar-refractivity contribution is 7.99. The Morgan fingerprint density at radius 1 is 1.16 bits per heavy atom. The molecule has 0 amide bonds. The van der Waals surface area contributed by atoms with Gasteiger partial charge in [0.25, 0.3) is 0 Å². The number of aromatic carboxylic acids is 1. The van der Waals surface area contributed by atoms with E-state index in [1.807, 2.05) is 0 Å². The van der Waals surface area contributed by atoms with Crippen molar-refractivity contribution >= 4 is 17.7 Å². The van der Waals surface area contributed by atoms with Crippen molar-refractivity contribution in [3.8, 4) is 0 Å². The predicted molar refractivity (Wildman–Crippen MR) is 61.2 cm³/mol. The van der Waals surface area contributed by atoms with E-state index in [0.29, 0.717) is 0 Å². The monoisotopic (exact) mass is 288 g/mol. The maximum atomic E-state index is 12.7. The van der Waals surface area contributed by atoms with Gasteiger partial charge in [0.05, 0.1) is 5.56 Å². The quantitative estimate of drug-likeness (QED) is 0.921. The number of carboxylic acids is 1. The molecule has 1 aromatic carbocycles. The van der Waals surface area contributed by atoms with Crippen molar-refractivity contribution in [1.82, 2.24) is 0 Å². The summed E-state index contributed by atoms with van der Waals surface area (Å²) in [7, 11) is 0. The van der Waals surface area contributed by atoms with Crippen LogP contribution < -0.4 is 0 Å². The van der Waals surface area contributed by atoms with E-state index in [9.17, 15) is 18.0 Å². The second-order valence-corrected chi connectivity index (χ2v) is 4.57. The Kier molecular flexibility index (Phi) is 3.57. The van der Waals surface area contributed by atoms with E-state index >= 15 is 0 Å². The Morgan fingerprint density at radius 2 is 1.84 bits per heavy atom. The summed E-state index contributed by atoms with van der Waals surface area (Å²) >= 11 is 0.729. The van der Waals surface area contributed by atoms with Gasteiger partial charge in [-0.3, -0.25) is 0 Å². The SMILES string of the molecule is O=C(O)c1ccc(Sc2ccccc2C(F)(F)F)o1. The first-order valence-electron chi connectivity index (χ1n) is 5.05. The van der Waals surface area contributed by atoms with E-state index in [4.69, 9.17) is 9.52 Å². The highest BCUT2D eigenvalue weighted by Gasteiger charge is 2.33. The molecule has 0 saturated carbocycles. The van der Waals surface area contributed by atoms with Crippen molar-refractivity contribution < 1.29 is 27.5 Å². The van der Waals surface area contributed by atoms with E-state index in [1.165, 1.54) is 30.3 Å². The third kappa shape index (κ3) is 3.11. The minimum atomic E-state index is -4.47. The van der Waals surface area contributed by atoms with Crippen molar-refractivity contribution in [1.29, 1.82) is 0 Å². The molecule has 0 fully saturated rings. The van der Waals surface area contributed by atoms with Crippen molar-refractivity contribution in [3.63, 3.8) is 0 Å². The Balaban J connectivity index is 2.30. The lowest BCUT2D eigenvalue weighted by molar-refractivity contribution is -0.139.